The van der Waals surface area contributed by atoms with E-state index in [9.17, 15) is 14.4 Å². The van der Waals surface area contributed by atoms with Gasteiger partial charge in [-0.3, -0.25) is 9.59 Å². The number of nitrogens with zero attached hydrogens (tertiary/aromatic N) is 1. The molecule has 1 aliphatic heterocycles. The second-order valence-corrected chi connectivity index (χ2v) is 8.51. The molecule has 1 aliphatic rings. The summed E-state index contributed by atoms with van der Waals surface area (Å²) in [5.41, 5.74) is 0.879. The number of ether oxygens (including phenoxy) is 3. The molecule has 0 spiro atoms. The van der Waals surface area contributed by atoms with Gasteiger partial charge in [0.15, 0.2) is 0 Å². The Morgan fingerprint density at radius 2 is 1.54 bits per heavy atom. The van der Waals surface area contributed by atoms with Crippen molar-refractivity contribution in [1.29, 1.82) is 0 Å². The molecule has 0 aromatic heterocycles. The Hall–Kier alpha value is -3.82. The summed E-state index contributed by atoms with van der Waals surface area (Å²) < 4.78 is 16.7. The third-order valence-corrected chi connectivity index (χ3v) is 5.95. The van der Waals surface area contributed by atoms with Gasteiger partial charge in [-0.2, -0.15) is 0 Å². The van der Waals surface area contributed by atoms with Gasteiger partial charge in [0.25, 0.3) is 11.8 Å². The van der Waals surface area contributed by atoms with Crippen molar-refractivity contribution in [1.82, 2.24) is 0 Å². The number of nitrogens with one attached hydrogen (secondary N) is 1. The van der Waals surface area contributed by atoms with E-state index in [2.05, 4.69) is 21.2 Å². The molecule has 0 fully saturated rings. The molecule has 0 radical (unpaired) electrons. The second-order valence-electron chi connectivity index (χ2n) is 7.22. The SMILES string of the molecule is COc1ccc(N2C(=O)C(Cl)=C(Nc3ccc(C(=O)Oc4ccc(Br)cc4)cc3)C2=O)c(OC)c1. The van der Waals surface area contributed by atoms with Crippen molar-refractivity contribution in [3.8, 4) is 17.2 Å². The highest BCUT2D eigenvalue weighted by molar-refractivity contribution is 9.10. The van der Waals surface area contributed by atoms with Crippen molar-refractivity contribution in [3.63, 3.8) is 0 Å². The molecular weight excluding hydrogens is 540 g/mol. The minimum absolute atomic E-state index is 0.0975. The molecule has 4 rings (SSSR count). The summed E-state index contributed by atoms with van der Waals surface area (Å²) in [6, 6.07) is 17.8. The van der Waals surface area contributed by atoms with Gasteiger partial charge in [-0.1, -0.05) is 27.5 Å². The first-order chi connectivity index (χ1) is 16.8. The Kier molecular flexibility index (Phi) is 7.09. The lowest BCUT2D eigenvalue weighted by molar-refractivity contribution is -0.120. The molecule has 35 heavy (non-hydrogen) atoms. The molecule has 1 heterocycles. The monoisotopic (exact) mass is 556 g/mol. The van der Waals surface area contributed by atoms with Crippen molar-refractivity contribution in [3.05, 3.63) is 87.5 Å². The minimum Gasteiger partial charge on any atom is -0.497 e. The number of amides is 2. The Morgan fingerprint density at radius 1 is 0.886 bits per heavy atom. The highest BCUT2D eigenvalue weighted by Gasteiger charge is 2.40. The third kappa shape index (κ3) is 5.01. The Bertz CT molecular complexity index is 1340. The van der Waals surface area contributed by atoms with E-state index in [0.29, 0.717) is 22.7 Å². The normalized spacial score (nSPS) is 13.2. The lowest BCUT2D eigenvalue weighted by atomic mass is 10.2. The number of hydrogen-bond acceptors (Lipinski definition) is 7. The zero-order valence-electron chi connectivity index (χ0n) is 18.5. The average Bonchev–Trinajstić information content (AvgIpc) is 3.08. The number of rotatable bonds is 7. The van der Waals surface area contributed by atoms with Crippen LogP contribution in [0.5, 0.6) is 17.2 Å². The quantitative estimate of drug-likeness (QED) is 0.245. The average molecular weight is 558 g/mol. The molecule has 2 amide bonds. The standard InChI is InChI=1S/C25H18BrClN2O6/c1-33-18-11-12-19(20(13-18)34-2)29-23(30)21(27)22(24(29)31)28-16-7-3-14(4-8-16)25(32)35-17-9-5-15(26)6-10-17/h3-13,28H,1-2H3. The van der Waals surface area contributed by atoms with Crippen LogP contribution in [0.3, 0.4) is 0 Å². The highest BCUT2D eigenvalue weighted by atomic mass is 79.9. The number of carbonyl (C=O) groups excluding carboxylic acids is 3. The molecule has 0 unspecified atom stereocenters. The second kappa shape index (κ2) is 10.2. The zero-order valence-corrected chi connectivity index (χ0v) is 20.8. The van der Waals surface area contributed by atoms with Crippen LogP contribution in [0.15, 0.2) is 81.9 Å². The molecule has 8 nitrogen and oxygen atoms in total. The maximum absolute atomic E-state index is 13.1. The predicted octanol–water partition coefficient (Wildman–Crippen LogP) is 5.12. The van der Waals surface area contributed by atoms with Gasteiger partial charge in [0.05, 0.1) is 25.5 Å². The van der Waals surface area contributed by atoms with Crippen molar-refractivity contribution < 1.29 is 28.6 Å². The van der Waals surface area contributed by atoms with Crippen LogP contribution < -0.4 is 24.4 Å². The van der Waals surface area contributed by atoms with Crippen LogP contribution in [-0.2, 0) is 9.59 Å². The van der Waals surface area contributed by atoms with Gasteiger partial charge in [-0.25, -0.2) is 9.69 Å². The van der Waals surface area contributed by atoms with Crippen LogP contribution in [0, 0.1) is 0 Å². The van der Waals surface area contributed by atoms with Gasteiger partial charge < -0.3 is 19.5 Å². The molecule has 3 aromatic rings. The fraction of sp³-hybridized carbons (Fsp3) is 0.0800. The number of methoxy groups -OCH3 is 2. The smallest absolute Gasteiger partial charge is 0.343 e. The number of benzene rings is 3. The van der Waals surface area contributed by atoms with Gasteiger partial charge in [-0.15, -0.1) is 0 Å². The maximum atomic E-state index is 13.1. The molecule has 10 heteroatoms. The van der Waals surface area contributed by atoms with E-state index < -0.39 is 17.8 Å². The van der Waals surface area contributed by atoms with Crippen molar-refractivity contribution >= 4 is 56.7 Å². The van der Waals surface area contributed by atoms with E-state index in [1.165, 1.54) is 32.4 Å². The molecule has 0 saturated carbocycles. The summed E-state index contributed by atoms with van der Waals surface area (Å²) >= 11 is 9.54. The van der Waals surface area contributed by atoms with Crippen LogP contribution in [0.4, 0.5) is 11.4 Å². The molecule has 3 aromatic carbocycles. The topological polar surface area (TPSA) is 94.2 Å². The number of carbonyl (C=O) groups is 3. The van der Waals surface area contributed by atoms with Gasteiger partial charge in [0.1, 0.15) is 28.0 Å². The predicted molar refractivity (Wildman–Crippen MR) is 134 cm³/mol. The molecule has 0 aliphatic carbocycles. The van der Waals surface area contributed by atoms with Crippen molar-refractivity contribution in [2.45, 2.75) is 0 Å². The number of hydrogen-bond donors (Lipinski definition) is 1. The number of imide groups is 1. The molecule has 0 bridgehead atoms. The van der Waals surface area contributed by atoms with Crippen LogP contribution in [0.2, 0.25) is 0 Å². The molecule has 178 valence electrons. The van der Waals surface area contributed by atoms with E-state index in [1.54, 1.807) is 48.5 Å². The first kappa shape index (κ1) is 24.3. The van der Waals surface area contributed by atoms with Gasteiger partial charge in [-0.05, 0) is 60.7 Å². The summed E-state index contributed by atoms with van der Waals surface area (Å²) in [6.45, 7) is 0. The van der Waals surface area contributed by atoms with E-state index in [1.807, 2.05) is 0 Å². The van der Waals surface area contributed by atoms with Gasteiger partial charge in [0.2, 0.25) is 0 Å². The van der Waals surface area contributed by atoms with E-state index in [0.717, 1.165) is 9.37 Å². The van der Waals surface area contributed by atoms with E-state index in [-0.39, 0.29) is 22.2 Å². The summed E-state index contributed by atoms with van der Waals surface area (Å²) in [4.78, 5) is 39.2. The summed E-state index contributed by atoms with van der Waals surface area (Å²) in [6.07, 6.45) is 0. The molecule has 0 atom stereocenters. The van der Waals surface area contributed by atoms with Crippen LogP contribution >= 0.6 is 27.5 Å². The summed E-state index contributed by atoms with van der Waals surface area (Å²) in [5.74, 6) is -0.715. The van der Waals surface area contributed by atoms with Gasteiger partial charge in [0, 0.05) is 16.2 Å². The Balaban J connectivity index is 1.50. The zero-order chi connectivity index (χ0) is 25.1. The Labute approximate surface area is 214 Å². The fourth-order valence-electron chi connectivity index (χ4n) is 3.30. The summed E-state index contributed by atoms with van der Waals surface area (Å²) in [5, 5.41) is 2.59. The third-order valence-electron chi connectivity index (χ3n) is 5.07. The number of anilines is 2. The summed E-state index contributed by atoms with van der Waals surface area (Å²) in [7, 11) is 2.91. The van der Waals surface area contributed by atoms with Crippen molar-refractivity contribution in [2.75, 3.05) is 24.4 Å². The maximum Gasteiger partial charge on any atom is 0.343 e. The highest BCUT2D eigenvalue weighted by Crippen LogP contribution is 2.37. The molecule has 1 N–H and O–H groups in total. The van der Waals surface area contributed by atoms with Crippen LogP contribution in [0.1, 0.15) is 10.4 Å². The Morgan fingerprint density at radius 3 is 2.17 bits per heavy atom. The molecule has 0 saturated heterocycles. The fourth-order valence-corrected chi connectivity index (χ4v) is 3.78. The largest absolute Gasteiger partial charge is 0.497 e. The van der Waals surface area contributed by atoms with Crippen LogP contribution in [-0.4, -0.2) is 32.0 Å². The first-order valence-corrected chi connectivity index (χ1v) is 11.3. The van der Waals surface area contributed by atoms with E-state index >= 15 is 0 Å². The molecular formula is C25H18BrClN2O6. The number of esters is 1. The van der Waals surface area contributed by atoms with Crippen molar-refractivity contribution in [2.24, 2.45) is 0 Å². The van der Waals surface area contributed by atoms with E-state index in [4.69, 9.17) is 25.8 Å². The van der Waals surface area contributed by atoms with Crippen LogP contribution in [0.25, 0.3) is 0 Å². The number of halogens is 2. The lowest BCUT2D eigenvalue weighted by Gasteiger charge is -2.18. The van der Waals surface area contributed by atoms with Gasteiger partial charge >= 0.3 is 5.97 Å². The lowest BCUT2D eigenvalue weighted by Crippen LogP contribution is -2.32. The first-order valence-electron chi connectivity index (χ1n) is 10.2. The minimum atomic E-state index is -0.697.